The number of nitrogens with one attached hydrogen (secondary N) is 2. The zero-order valence-corrected chi connectivity index (χ0v) is 9.05. The van der Waals surface area contributed by atoms with E-state index in [9.17, 15) is 9.90 Å². The Hall–Kier alpha value is -0.750. The lowest BCUT2D eigenvalue weighted by Gasteiger charge is -2.20. The molecule has 1 unspecified atom stereocenters. The first-order chi connectivity index (χ1) is 5.93. The molecular formula is C7H11N2O2S2-. The van der Waals surface area contributed by atoms with Gasteiger partial charge in [-0.05, 0) is 13.8 Å². The normalized spacial score (nSPS) is 11.5. The van der Waals surface area contributed by atoms with Gasteiger partial charge in [0.05, 0.1) is 22.0 Å². The number of carboxylic acids is 1. The van der Waals surface area contributed by atoms with Crippen LogP contribution in [0.5, 0.6) is 0 Å². The summed E-state index contributed by atoms with van der Waals surface area (Å²) in [5.41, 5.74) is 0. The minimum Gasteiger partial charge on any atom is -0.548 e. The molecule has 0 aromatic carbocycles. The predicted octanol–water partition coefficient (Wildman–Crippen LogP) is -1.02. The van der Waals surface area contributed by atoms with Crippen molar-refractivity contribution in [3.05, 3.63) is 0 Å². The van der Waals surface area contributed by atoms with Crippen LogP contribution < -0.4 is 15.7 Å². The van der Waals surface area contributed by atoms with Crippen LogP contribution in [-0.2, 0) is 4.79 Å². The van der Waals surface area contributed by atoms with E-state index in [-0.39, 0.29) is 6.54 Å². The molecule has 74 valence electrons. The van der Waals surface area contributed by atoms with Crippen molar-refractivity contribution in [3.63, 3.8) is 0 Å². The third-order valence-electron chi connectivity index (χ3n) is 1.22. The van der Waals surface area contributed by atoms with E-state index in [0.29, 0.717) is 9.98 Å². The van der Waals surface area contributed by atoms with E-state index in [1.54, 1.807) is 13.8 Å². The second-order valence-corrected chi connectivity index (χ2v) is 3.73. The highest BCUT2D eigenvalue weighted by Crippen LogP contribution is 1.82. The van der Waals surface area contributed by atoms with Crippen molar-refractivity contribution in [1.29, 1.82) is 0 Å². The SMILES string of the molecule is CC(=S)NCC(NC(C)=S)C(=O)[O-]. The lowest BCUT2D eigenvalue weighted by atomic mass is 10.3. The van der Waals surface area contributed by atoms with Crippen LogP contribution in [-0.4, -0.2) is 28.5 Å². The van der Waals surface area contributed by atoms with Gasteiger partial charge in [-0.3, -0.25) is 0 Å². The molecule has 13 heavy (non-hydrogen) atoms. The van der Waals surface area contributed by atoms with E-state index in [2.05, 4.69) is 10.6 Å². The van der Waals surface area contributed by atoms with Crippen molar-refractivity contribution >= 4 is 40.4 Å². The first-order valence-electron chi connectivity index (χ1n) is 3.66. The van der Waals surface area contributed by atoms with Gasteiger partial charge < -0.3 is 20.5 Å². The largest absolute Gasteiger partial charge is 0.548 e. The quantitative estimate of drug-likeness (QED) is 0.590. The number of carbonyl (C=O) groups is 1. The van der Waals surface area contributed by atoms with Crippen LogP contribution >= 0.6 is 24.4 Å². The molecule has 0 saturated carbocycles. The zero-order valence-electron chi connectivity index (χ0n) is 7.42. The second-order valence-electron chi connectivity index (χ2n) is 2.51. The molecule has 4 nitrogen and oxygen atoms in total. The number of aliphatic carboxylic acids is 1. The summed E-state index contributed by atoms with van der Waals surface area (Å²) in [6, 6.07) is -0.838. The molecule has 0 fully saturated rings. The van der Waals surface area contributed by atoms with Crippen molar-refractivity contribution in [3.8, 4) is 0 Å². The van der Waals surface area contributed by atoms with Gasteiger partial charge in [-0.2, -0.15) is 0 Å². The van der Waals surface area contributed by atoms with Gasteiger partial charge in [0, 0.05) is 6.54 Å². The molecule has 0 saturated heterocycles. The Labute approximate surface area is 87.7 Å². The van der Waals surface area contributed by atoms with Crippen LogP contribution in [0.25, 0.3) is 0 Å². The Balaban J connectivity index is 4.02. The number of carboxylic acid groups (broad SMARTS) is 1. The molecule has 0 aromatic heterocycles. The Morgan fingerprint density at radius 3 is 2.23 bits per heavy atom. The summed E-state index contributed by atoms with van der Waals surface area (Å²) in [4.78, 5) is 11.5. The van der Waals surface area contributed by atoms with Crippen molar-refractivity contribution in [1.82, 2.24) is 10.6 Å². The minimum atomic E-state index is -1.20. The van der Waals surface area contributed by atoms with E-state index in [0.717, 1.165) is 0 Å². The van der Waals surface area contributed by atoms with Gasteiger partial charge >= 0.3 is 0 Å². The van der Waals surface area contributed by atoms with Gasteiger partial charge in [0.15, 0.2) is 0 Å². The van der Waals surface area contributed by atoms with E-state index in [1.165, 1.54) is 0 Å². The van der Waals surface area contributed by atoms with E-state index < -0.39 is 12.0 Å². The average molecular weight is 219 g/mol. The Bertz CT molecular complexity index is 231. The molecule has 0 spiro atoms. The molecule has 1 atom stereocenters. The molecule has 0 aliphatic rings. The molecule has 0 aliphatic heterocycles. The van der Waals surface area contributed by atoms with Gasteiger partial charge in [0.1, 0.15) is 0 Å². The molecule has 0 amide bonds. The second kappa shape index (κ2) is 5.82. The molecule has 0 aromatic rings. The maximum Gasteiger partial charge on any atom is 0.0835 e. The van der Waals surface area contributed by atoms with Crippen molar-refractivity contribution in [2.45, 2.75) is 19.9 Å². The van der Waals surface area contributed by atoms with Crippen LogP contribution in [0.1, 0.15) is 13.8 Å². The fraction of sp³-hybridized carbons (Fsp3) is 0.571. The number of carbonyl (C=O) groups excluding carboxylic acids is 1. The van der Waals surface area contributed by atoms with Crippen molar-refractivity contribution in [2.24, 2.45) is 0 Å². The summed E-state index contributed by atoms with van der Waals surface area (Å²) in [6.45, 7) is 3.45. The maximum absolute atomic E-state index is 10.5. The summed E-state index contributed by atoms with van der Waals surface area (Å²) in [5, 5.41) is 15.8. The van der Waals surface area contributed by atoms with Gasteiger partial charge in [-0.1, -0.05) is 24.4 Å². The Morgan fingerprint density at radius 1 is 1.38 bits per heavy atom. The third-order valence-corrected chi connectivity index (χ3v) is 1.48. The van der Waals surface area contributed by atoms with Crippen molar-refractivity contribution in [2.75, 3.05) is 6.54 Å². The Morgan fingerprint density at radius 2 is 1.92 bits per heavy atom. The van der Waals surface area contributed by atoms with Crippen LogP contribution in [0.3, 0.4) is 0 Å². The van der Waals surface area contributed by atoms with Gasteiger partial charge in [0.25, 0.3) is 0 Å². The zero-order chi connectivity index (χ0) is 10.4. The number of rotatable bonds is 4. The summed E-state index contributed by atoms with van der Waals surface area (Å²) in [6.07, 6.45) is 0. The molecule has 0 radical (unpaired) electrons. The molecule has 2 N–H and O–H groups in total. The fourth-order valence-electron chi connectivity index (χ4n) is 0.684. The van der Waals surface area contributed by atoms with Crippen LogP contribution in [0, 0.1) is 0 Å². The summed E-state index contributed by atoms with van der Waals surface area (Å²) in [5.74, 6) is -1.20. The summed E-state index contributed by atoms with van der Waals surface area (Å²) in [7, 11) is 0. The Kier molecular flexibility index (Phi) is 5.48. The third kappa shape index (κ3) is 6.41. The first-order valence-corrected chi connectivity index (χ1v) is 4.47. The van der Waals surface area contributed by atoms with Gasteiger partial charge in [0.2, 0.25) is 0 Å². The molecule has 0 heterocycles. The smallest absolute Gasteiger partial charge is 0.0835 e. The number of hydrogen-bond donors (Lipinski definition) is 2. The van der Waals surface area contributed by atoms with Crippen LogP contribution in [0.2, 0.25) is 0 Å². The molecular weight excluding hydrogens is 208 g/mol. The number of hydrogen-bond acceptors (Lipinski definition) is 4. The minimum absolute atomic E-state index is 0.172. The maximum atomic E-state index is 10.5. The topological polar surface area (TPSA) is 64.2 Å². The van der Waals surface area contributed by atoms with E-state index >= 15 is 0 Å². The average Bonchev–Trinajstić information content (AvgIpc) is 1.96. The lowest BCUT2D eigenvalue weighted by Crippen LogP contribution is -2.52. The lowest BCUT2D eigenvalue weighted by molar-refractivity contribution is -0.307. The number of thiocarbonyl (C=S) groups is 2. The van der Waals surface area contributed by atoms with E-state index in [1.807, 2.05) is 0 Å². The molecule has 0 bridgehead atoms. The highest BCUT2D eigenvalue weighted by Gasteiger charge is 2.08. The van der Waals surface area contributed by atoms with Crippen LogP contribution in [0.4, 0.5) is 0 Å². The highest BCUT2D eigenvalue weighted by atomic mass is 32.1. The van der Waals surface area contributed by atoms with Crippen LogP contribution in [0.15, 0.2) is 0 Å². The predicted molar refractivity (Wildman–Crippen MR) is 56.5 cm³/mol. The monoisotopic (exact) mass is 219 g/mol. The summed E-state index contributed by atoms with van der Waals surface area (Å²) < 4.78 is 0. The molecule has 6 heteroatoms. The standard InChI is InChI=1S/C7H12N2O2S2/c1-4(12)8-3-6(7(10)11)9-5(2)13/h6H,3H2,1-2H3,(H,8,12)(H,9,13)(H,10,11)/p-1. The van der Waals surface area contributed by atoms with Gasteiger partial charge in [-0.25, -0.2) is 0 Å². The highest BCUT2D eigenvalue weighted by molar-refractivity contribution is 7.80. The molecule has 0 rings (SSSR count). The summed E-state index contributed by atoms with van der Waals surface area (Å²) >= 11 is 9.44. The fourth-order valence-corrected chi connectivity index (χ4v) is 0.910. The van der Waals surface area contributed by atoms with Crippen molar-refractivity contribution < 1.29 is 9.90 Å². The first kappa shape index (κ1) is 12.2. The van der Waals surface area contributed by atoms with E-state index in [4.69, 9.17) is 24.4 Å². The molecule has 0 aliphatic carbocycles. The van der Waals surface area contributed by atoms with Gasteiger partial charge in [-0.15, -0.1) is 0 Å².